The summed E-state index contributed by atoms with van der Waals surface area (Å²) in [6.45, 7) is 0.898. The number of nitrogens with one attached hydrogen (secondary N) is 1. The van der Waals surface area contributed by atoms with Crippen LogP contribution in [0.1, 0.15) is 24.0 Å². The van der Waals surface area contributed by atoms with Gasteiger partial charge in [0.15, 0.2) is 0 Å². The van der Waals surface area contributed by atoms with Gasteiger partial charge >= 0.3 is 0 Å². The highest BCUT2D eigenvalue weighted by Crippen LogP contribution is 2.30. The molecule has 2 aliphatic rings. The van der Waals surface area contributed by atoms with Crippen LogP contribution >= 0.6 is 0 Å². The van der Waals surface area contributed by atoms with E-state index in [1.807, 2.05) is 24.3 Å². The summed E-state index contributed by atoms with van der Waals surface area (Å²) in [6.07, 6.45) is 3.00. The van der Waals surface area contributed by atoms with Crippen molar-refractivity contribution in [1.82, 2.24) is 4.31 Å². The number of hydrazone groups is 1. The molecule has 1 fully saturated rings. The first-order valence-corrected chi connectivity index (χ1v) is 10.6. The smallest absolute Gasteiger partial charge is 0.272 e. The second-order valence-electron chi connectivity index (χ2n) is 6.96. The quantitative estimate of drug-likeness (QED) is 0.614. The van der Waals surface area contributed by atoms with E-state index >= 15 is 0 Å². The minimum atomic E-state index is -3.71. The molecule has 9 heteroatoms. The van der Waals surface area contributed by atoms with Gasteiger partial charge in [0.2, 0.25) is 10.0 Å². The summed E-state index contributed by atoms with van der Waals surface area (Å²) < 4.78 is 26.7. The molecule has 0 spiro atoms. The Balaban J connectivity index is 1.58. The molecule has 1 aliphatic heterocycles. The van der Waals surface area contributed by atoms with Crippen molar-refractivity contribution in [3.05, 3.63) is 63.7 Å². The Morgan fingerprint density at radius 3 is 2.29 bits per heavy atom. The Morgan fingerprint density at radius 1 is 1.04 bits per heavy atom. The van der Waals surface area contributed by atoms with Crippen molar-refractivity contribution in [2.24, 2.45) is 5.10 Å². The fourth-order valence-electron chi connectivity index (χ4n) is 3.62. The Hall–Kier alpha value is -2.78. The van der Waals surface area contributed by atoms with Crippen LogP contribution < -0.4 is 5.43 Å². The van der Waals surface area contributed by atoms with Gasteiger partial charge in [-0.05, 0) is 36.1 Å². The molecule has 0 saturated carbocycles. The number of nitro benzene ring substituents is 1. The molecule has 8 nitrogen and oxygen atoms in total. The maximum absolute atomic E-state index is 12.7. The van der Waals surface area contributed by atoms with E-state index in [0.29, 0.717) is 25.9 Å². The standard InChI is InChI=1S/C19H20N4O4S/c24-23(25)19-13-17(28(26,27)22-9-3-4-10-22)7-8-18(19)21-20-16-11-14-5-1-2-6-15(14)12-16/h1-2,5-8,13,21H,3-4,9-12H2. The van der Waals surface area contributed by atoms with Gasteiger partial charge in [0.25, 0.3) is 5.69 Å². The first-order valence-electron chi connectivity index (χ1n) is 9.12. The topological polar surface area (TPSA) is 105 Å². The highest BCUT2D eigenvalue weighted by atomic mass is 32.2. The number of sulfonamides is 1. The van der Waals surface area contributed by atoms with E-state index in [1.54, 1.807) is 0 Å². The Morgan fingerprint density at radius 2 is 1.68 bits per heavy atom. The molecule has 4 rings (SSSR count). The summed E-state index contributed by atoms with van der Waals surface area (Å²) in [5.41, 5.74) is 5.90. The zero-order valence-corrected chi connectivity index (χ0v) is 16.0. The summed E-state index contributed by atoms with van der Waals surface area (Å²) in [5.74, 6) is 0. The molecule has 0 aromatic heterocycles. The van der Waals surface area contributed by atoms with Crippen molar-refractivity contribution in [2.45, 2.75) is 30.6 Å². The van der Waals surface area contributed by atoms with E-state index < -0.39 is 14.9 Å². The molecule has 0 amide bonds. The molecule has 1 aliphatic carbocycles. The lowest BCUT2D eigenvalue weighted by Gasteiger charge is -2.15. The zero-order valence-electron chi connectivity index (χ0n) is 15.2. The van der Waals surface area contributed by atoms with Crippen LogP contribution in [0.25, 0.3) is 0 Å². The number of hydrogen-bond acceptors (Lipinski definition) is 6. The number of hydrogen-bond donors (Lipinski definition) is 1. The Labute approximate surface area is 163 Å². The average molecular weight is 400 g/mol. The molecule has 2 aromatic carbocycles. The maximum Gasteiger partial charge on any atom is 0.295 e. The Kier molecular flexibility index (Phi) is 4.86. The van der Waals surface area contributed by atoms with Gasteiger partial charge in [0.1, 0.15) is 5.69 Å². The van der Waals surface area contributed by atoms with Crippen molar-refractivity contribution in [2.75, 3.05) is 18.5 Å². The van der Waals surface area contributed by atoms with Crippen molar-refractivity contribution >= 4 is 27.1 Å². The second-order valence-corrected chi connectivity index (χ2v) is 8.90. The first-order chi connectivity index (χ1) is 13.4. The molecular formula is C19H20N4O4S. The van der Waals surface area contributed by atoms with E-state index in [-0.39, 0.29) is 16.3 Å². The zero-order chi connectivity index (χ0) is 19.7. The van der Waals surface area contributed by atoms with Gasteiger partial charge in [-0.25, -0.2) is 8.42 Å². The molecule has 1 N–H and O–H groups in total. The third kappa shape index (κ3) is 3.50. The SMILES string of the molecule is O=[N+]([O-])c1cc(S(=O)(=O)N2CCCC2)ccc1NN=C1Cc2ccccc2C1. The number of rotatable bonds is 5. The molecule has 1 saturated heterocycles. The van der Waals surface area contributed by atoms with Gasteiger partial charge in [0.05, 0.1) is 9.82 Å². The minimum Gasteiger partial charge on any atom is -0.272 e. The monoisotopic (exact) mass is 400 g/mol. The third-order valence-corrected chi connectivity index (χ3v) is 7.01. The molecule has 146 valence electrons. The summed E-state index contributed by atoms with van der Waals surface area (Å²) in [4.78, 5) is 10.9. The van der Waals surface area contributed by atoms with Crippen molar-refractivity contribution in [3.63, 3.8) is 0 Å². The summed E-state index contributed by atoms with van der Waals surface area (Å²) >= 11 is 0. The fourth-order valence-corrected chi connectivity index (χ4v) is 5.16. The van der Waals surface area contributed by atoms with Crippen LogP contribution in [0.4, 0.5) is 11.4 Å². The fraction of sp³-hybridized carbons (Fsp3) is 0.316. The van der Waals surface area contributed by atoms with Crippen molar-refractivity contribution in [1.29, 1.82) is 0 Å². The highest BCUT2D eigenvalue weighted by molar-refractivity contribution is 7.89. The lowest BCUT2D eigenvalue weighted by atomic mass is 10.1. The van der Waals surface area contributed by atoms with Crippen molar-refractivity contribution < 1.29 is 13.3 Å². The average Bonchev–Trinajstić information content (AvgIpc) is 3.35. The van der Waals surface area contributed by atoms with Crippen LogP contribution in [-0.4, -0.2) is 36.4 Å². The van der Waals surface area contributed by atoms with E-state index in [2.05, 4.69) is 10.5 Å². The van der Waals surface area contributed by atoms with Crippen LogP contribution in [0, 0.1) is 10.1 Å². The summed E-state index contributed by atoms with van der Waals surface area (Å²) in [6, 6.07) is 11.9. The molecule has 28 heavy (non-hydrogen) atoms. The van der Waals surface area contributed by atoms with E-state index in [0.717, 1.165) is 24.6 Å². The van der Waals surface area contributed by atoms with Crippen LogP contribution in [0.15, 0.2) is 52.5 Å². The van der Waals surface area contributed by atoms with Gasteiger partial charge in [-0.1, -0.05) is 24.3 Å². The predicted molar refractivity (Wildman–Crippen MR) is 106 cm³/mol. The maximum atomic E-state index is 12.7. The number of anilines is 1. The molecular weight excluding hydrogens is 380 g/mol. The van der Waals surface area contributed by atoms with Crippen LogP contribution in [0.2, 0.25) is 0 Å². The largest absolute Gasteiger partial charge is 0.295 e. The molecule has 1 heterocycles. The minimum absolute atomic E-state index is 0.0624. The molecule has 0 radical (unpaired) electrons. The molecule has 0 atom stereocenters. The van der Waals surface area contributed by atoms with Gasteiger partial charge in [-0.3, -0.25) is 15.5 Å². The molecule has 0 unspecified atom stereocenters. The van der Waals surface area contributed by atoms with Crippen LogP contribution in [0.5, 0.6) is 0 Å². The lowest BCUT2D eigenvalue weighted by molar-refractivity contribution is -0.384. The molecule has 2 aromatic rings. The summed E-state index contributed by atoms with van der Waals surface area (Å²) in [7, 11) is -3.71. The van der Waals surface area contributed by atoms with Gasteiger partial charge in [0, 0.05) is 37.7 Å². The Bertz CT molecular complexity index is 1030. The lowest BCUT2D eigenvalue weighted by Crippen LogP contribution is -2.27. The number of nitrogens with zero attached hydrogens (tertiary/aromatic N) is 3. The number of nitro groups is 1. The van der Waals surface area contributed by atoms with E-state index in [4.69, 9.17) is 0 Å². The van der Waals surface area contributed by atoms with Gasteiger partial charge in [-0.2, -0.15) is 9.41 Å². The van der Waals surface area contributed by atoms with Crippen molar-refractivity contribution in [3.8, 4) is 0 Å². The van der Waals surface area contributed by atoms with Gasteiger partial charge in [-0.15, -0.1) is 0 Å². The van der Waals surface area contributed by atoms with E-state index in [1.165, 1.54) is 27.6 Å². The third-order valence-electron chi connectivity index (χ3n) is 5.11. The van der Waals surface area contributed by atoms with Crippen LogP contribution in [-0.2, 0) is 22.9 Å². The summed E-state index contributed by atoms with van der Waals surface area (Å²) in [5, 5.41) is 15.8. The predicted octanol–water partition coefficient (Wildman–Crippen LogP) is 2.95. The van der Waals surface area contributed by atoms with E-state index in [9.17, 15) is 18.5 Å². The molecule has 0 bridgehead atoms. The van der Waals surface area contributed by atoms with Gasteiger partial charge < -0.3 is 0 Å². The second kappa shape index (κ2) is 7.33. The normalized spacial score (nSPS) is 16.8. The number of fused-ring (bicyclic) bond motifs is 1. The number of benzene rings is 2. The first kappa shape index (κ1) is 18.6. The van der Waals surface area contributed by atoms with Crippen LogP contribution in [0.3, 0.4) is 0 Å². The highest BCUT2D eigenvalue weighted by Gasteiger charge is 2.29.